The molecule has 1 heterocycles. The number of anilines is 1. The van der Waals surface area contributed by atoms with Gasteiger partial charge in [-0.3, -0.25) is 9.59 Å². The van der Waals surface area contributed by atoms with Gasteiger partial charge >= 0.3 is 0 Å². The monoisotopic (exact) mass is 415 g/mol. The van der Waals surface area contributed by atoms with Gasteiger partial charge in [0, 0.05) is 10.8 Å². The first-order valence-electron chi connectivity index (χ1n) is 9.28. The molecule has 0 saturated carbocycles. The van der Waals surface area contributed by atoms with Crippen LogP contribution in [0, 0.1) is 0 Å². The summed E-state index contributed by atoms with van der Waals surface area (Å²) in [5, 5.41) is 9.75. The number of nitrogens with zero attached hydrogens (tertiary/aromatic N) is 1. The molecule has 0 aromatic heterocycles. The van der Waals surface area contributed by atoms with Gasteiger partial charge < -0.3 is 5.11 Å². The molecule has 2 amide bonds. The second-order valence-corrected chi connectivity index (χ2v) is 8.04. The molecule has 0 bridgehead atoms. The minimum Gasteiger partial charge on any atom is -0.396 e. The Morgan fingerprint density at radius 3 is 2.29 bits per heavy atom. The van der Waals surface area contributed by atoms with E-state index in [1.165, 1.54) is 22.2 Å². The van der Waals surface area contributed by atoms with Gasteiger partial charge in [0.15, 0.2) is 0 Å². The lowest BCUT2D eigenvalue weighted by atomic mass is 10.1. The normalized spacial score (nSPS) is 14.3. The summed E-state index contributed by atoms with van der Waals surface area (Å²) in [6, 6.07) is 14.4. The SMILES string of the molecule is CCCCc1ccc(N2C(=O)C(SCCO)=C(c3ccc(Cl)cc3)C2=O)cc1. The van der Waals surface area contributed by atoms with Crippen LogP contribution in [0.4, 0.5) is 5.69 Å². The molecule has 0 spiro atoms. The fraction of sp³-hybridized carbons (Fsp3) is 0.273. The molecule has 146 valence electrons. The van der Waals surface area contributed by atoms with Crippen molar-refractivity contribution in [1.82, 2.24) is 0 Å². The average molecular weight is 416 g/mol. The number of amides is 2. The van der Waals surface area contributed by atoms with E-state index in [2.05, 4.69) is 6.92 Å². The molecule has 4 nitrogen and oxygen atoms in total. The zero-order chi connectivity index (χ0) is 20.1. The van der Waals surface area contributed by atoms with Crippen molar-refractivity contribution >= 4 is 46.4 Å². The summed E-state index contributed by atoms with van der Waals surface area (Å²) >= 11 is 7.16. The molecule has 1 N–H and O–H groups in total. The van der Waals surface area contributed by atoms with Gasteiger partial charge in [-0.1, -0.05) is 49.2 Å². The number of imide groups is 1. The Hall–Kier alpha value is -2.08. The molecule has 2 aromatic rings. The smallest absolute Gasteiger partial charge is 0.272 e. The standard InChI is InChI=1S/C22H22ClNO3S/c1-2-3-4-15-5-11-18(12-6-15)24-21(26)19(16-7-9-17(23)10-8-16)20(22(24)27)28-14-13-25/h5-12,25H,2-4,13-14H2,1H3. The van der Waals surface area contributed by atoms with E-state index in [9.17, 15) is 14.7 Å². The van der Waals surface area contributed by atoms with Crippen molar-refractivity contribution in [3.8, 4) is 0 Å². The van der Waals surface area contributed by atoms with Crippen molar-refractivity contribution in [2.75, 3.05) is 17.3 Å². The first-order chi connectivity index (χ1) is 13.6. The maximum atomic E-state index is 13.2. The van der Waals surface area contributed by atoms with E-state index in [1.807, 2.05) is 24.3 Å². The van der Waals surface area contributed by atoms with E-state index < -0.39 is 0 Å². The van der Waals surface area contributed by atoms with Crippen LogP contribution in [0.2, 0.25) is 5.02 Å². The van der Waals surface area contributed by atoms with Gasteiger partial charge in [-0.05, 0) is 48.2 Å². The second-order valence-electron chi connectivity index (χ2n) is 6.50. The van der Waals surface area contributed by atoms with E-state index in [0.29, 0.717) is 32.5 Å². The van der Waals surface area contributed by atoms with Crippen molar-refractivity contribution < 1.29 is 14.7 Å². The van der Waals surface area contributed by atoms with Gasteiger partial charge in [-0.15, -0.1) is 11.8 Å². The Bertz CT molecular complexity index is 891. The molecule has 0 fully saturated rings. The fourth-order valence-electron chi connectivity index (χ4n) is 3.09. The molecule has 0 atom stereocenters. The second kappa shape index (κ2) is 9.41. The molecule has 0 radical (unpaired) electrons. The zero-order valence-electron chi connectivity index (χ0n) is 15.7. The highest BCUT2D eigenvalue weighted by Crippen LogP contribution is 2.38. The highest BCUT2D eigenvalue weighted by Gasteiger charge is 2.40. The summed E-state index contributed by atoms with van der Waals surface area (Å²) in [5.74, 6) is -0.362. The van der Waals surface area contributed by atoms with Crippen LogP contribution in [0.15, 0.2) is 53.4 Å². The lowest BCUT2D eigenvalue weighted by Crippen LogP contribution is -2.31. The van der Waals surface area contributed by atoms with Gasteiger partial charge in [-0.2, -0.15) is 0 Å². The van der Waals surface area contributed by atoms with Gasteiger partial charge in [0.25, 0.3) is 11.8 Å². The number of rotatable bonds is 8. The maximum absolute atomic E-state index is 13.2. The number of halogens is 1. The van der Waals surface area contributed by atoms with Crippen LogP contribution in [0.1, 0.15) is 30.9 Å². The Kier molecular flexibility index (Phi) is 6.94. The molecule has 0 saturated heterocycles. The van der Waals surface area contributed by atoms with E-state index in [1.54, 1.807) is 24.3 Å². The number of carbonyl (C=O) groups excluding carboxylic acids is 2. The molecular weight excluding hydrogens is 394 g/mol. The number of aliphatic hydroxyl groups is 1. The van der Waals surface area contributed by atoms with Gasteiger partial charge in [-0.25, -0.2) is 4.90 Å². The van der Waals surface area contributed by atoms with Crippen molar-refractivity contribution in [2.45, 2.75) is 26.2 Å². The number of aryl methyl sites for hydroxylation is 1. The van der Waals surface area contributed by atoms with E-state index in [0.717, 1.165) is 19.3 Å². The fourth-order valence-corrected chi connectivity index (χ4v) is 4.08. The summed E-state index contributed by atoms with van der Waals surface area (Å²) < 4.78 is 0. The maximum Gasteiger partial charge on any atom is 0.272 e. The molecule has 3 rings (SSSR count). The Morgan fingerprint density at radius 2 is 1.68 bits per heavy atom. The van der Waals surface area contributed by atoms with Crippen LogP contribution in [0.5, 0.6) is 0 Å². The number of hydrogen-bond acceptors (Lipinski definition) is 4. The van der Waals surface area contributed by atoms with Gasteiger partial charge in [0.05, 0.1) is 22.8 Å². The number of hydrogen-bond donors (Lipinski definition) is 1. The predicted octanol–water partition coefficient (Wildman–Crippen LogP) is 4.69. The largest absolute Gasteiger partial charge is 0.396 e. The summed E-state index contributed by atoms with van der Waals surface area (Å²) in [5.41, 5.74) is 2.74. The third-order valence-electron chi connectivity index (χ3n) is 4.53. The van der Waals surface area contributed by atoms with E-state index in [-0.39, 0.29) is 18.4 Å². The summed E-state index contributed by atoms with van der Waals surface area (Å²) in [6.07, 6.45) is 3.19. The molecule has 1 aliphatic heterocycles. The lowest BCUT2D eigenvalue weighted by molar-refractivity contribution is -0.119. The first kappa shape index (κ1) is 20.6. The number of benzene rings is 2. The summed E-state index contributed by atoms with van der Waals surface area (Å²) in [4.78, 5) is 27.8. The number of thioether (sulfide) groups is 1. The van der Waals surface area contributed by atoms with Crippen LogP contribution in [-0.2, 0) is 16.0 Å². The zero-order valence-corrected chi connectivity index (χ0v) is 17.2. The Labute approximate surface area is 174 Å². The predicted molar refractivity (Wildman–Crippen MR) is 115 cm³/mol. The van der Waals surface area contributed by atoms with Crippen molar-refractivity contribution in [3.63, 3.8) is 0 Å². The topological polar surface area (TPSA) is 57.6 Å². The molecule has 6 heteroatoms. The highest BCUT2D eigenvalue weighted by molar-refractivity contribution is 8.04. The minimum absolute atomic E-state index is 0.0737. The highest BCUT2D eigenvalue weighted by atomic mass is 35.5. The molecule has 28 heavy (non-hydrogen) atoms. The summed E-state index contributed by atoms with van der Waals surface area (Å²) in [6.45, 7) is 2.07. The number of unbranched alkanes of at least 4 members (excludes halogenated alkanes) is 1. The third kappa shape index (κ3) is 4.32. The summed E-state index contributed by atoms with van der Waals surface area (Å²) in [7, 11) is 0. The molecule has 2 aromatic carbocycles. The van der Waals surface area contributed by atoms with Crippen LogP contribution in [0.25, 0.3) is 5.57 Å². The Morgan fingerprint density at radius 1 is 1.00 bits per heavy atom. The van der Waals surface area contributed by atoms with E-state index >= 15 is 0 Å². The van der Waals surface area contributed by atoms with Crippen molar-refractivity contribution in [2.24, 2.45) is 0 Å². The molecular formula is C22H22ClNO3S. The van der Waals surface area contributed by atoms with Crippen molar-refractivity contribution in [1.29, 1.82) is 0 Å². The van der Waals surface area contributed by atoms with Gasteiger partial charge in [0.1, 0.15) is 0 Å². The van der Waals surface area contributed by atoms with Crippen LogP contribution >= 0.6 is 23.4 Å². The van der Waals surface area contributed by atoms with Crippen LogP contribution in [0.3, 0.4) is 0 Å². The molecule has 0 aliphatic carbocycles. The van der Waals surface area contributed by atoms with Crippen molar-refractivity contribution in [3.05, 3.63) is 69.6 Å². The minimum atomic E-state index is -0.353. The van der Waals surface area contributed by atoms with E-state index in [4.69, 9.17) is 11.6 Å². The third-order valence-corrected chi connectivity index (χ3v) is 5.83. The Balaban J connectivity index is 1.94. The lowest BCUT2D eigenvalue weighted by Gasteiger charge is -2.16. The number of aliphatic hydroxyl groups excluding tert-OH is 1. The number of carbonyl (C=O) groups is 2. The first-order valence-corrected chi connectivity index (χ1v) is 10.6. The average Bonchev–Trinajstić information content (AvgIpc) is 2.95. The van der Waals surface area contributed by atoms with Crippen LogP contribution in [-0.4, -0.2) is 29.3 Å². The van der Waals surface area contributed by atoms with Crippen LogP contribution < -0.4 is 4.90 Å². The quantitative estimate of drug-likeness (QED) is 0.635. The van der Waals surface area contributed by atoms with Gasteiger partial charge in [0.2, 0.25) is 0 Å². The molecule has 0 unspecified atom stereocenters. The molecule has 1 aliphatic rings.